The molecule has 18 heavy (non-hydrogen) atoms. The Kier molecular flexibility index (Phi) is 3.66. The molecule has 0 unspecified atom stereocenters. The maximum atomic E-state index is 3.93. The number of rotatable bonds is 3. The van der Waals surface area contributed by atoms with E-state index >= 15 is 0 Å². The van der Waals surface area contributed by atoms with Crippen LogP contribution in [0, 0.1) is 6.92 Å². The summed E-state index contributed by atoms with van der Waals surface area (Å²) in [7, 11) is 0. The third-order valence-electron chi connectivity index (χ3n) is 3.22. The summed E-state index contributed by atoms with van der Waals surface area (Å²) in [5, 5.41) is 2.64. The first-order valence-electron chi connectivity index (χ1n) is 6.47. The highest BCUT2D eigenvalue weighted by atomic mass is 14.1. The molecular weight excluding hydrogens is 216 g/mol. The van der Waals surface area contributed by atoms with E-state index in [9.17, 15) is 0 Å². The zero-order valence-corrected chi connectivity index (χ0v) is 11.5. The van der Waals surface area contributed by atoms with Crippen LogP contribution in [0.15, 0.2) is 48.6 Å². The molecule has 2 aromatic carbocycles. The van der Waals surface area contributed by atoms with Gasteiger partial charge in [-0.1, -0.05) is 67.1 Å². The van der Waals surface area contributed by atoms with Crippen molar-refractivity contribution in [3.05, 3.63) is 65.3 Å². The molecule has 0 atom stereocenters. The standard InChI is InChI=1S/C18H20/c1-5-15-8-9-16-12-14(4)7-11-18(16)17(15)10-6-13(2)3/h6-12H,2,5H2,1,3-4H3. The summed E-state index contributed by atoms with van der Waals surface area (Å²) in [5.74, 6) is 0. The molecule has 0 N–H and O–H groups in total. The molecule has 0 fully saturated rings. The fourth-order valence-corrected chi connectivity index (χ4v) is 2.25. The normalized spacial score (nSPS) is 11.3. The molecule has 0 aliphatic carbocycles. The van der Waals surface area contributed by atoms with E-state index in [-0.39, 0.29) is 0 Å². The molecular formula is C18H20. The van der Waals surface area contributed by atoms with Gasteiger partial charge in [0.25, 0.3) is 0 Å². The maximum Gasteiger partial charge on any atom is -0.0108 e. The maximum absolute atomic E-state index is 3.93. The average molecular weight is 236 g/mol. The number of benzene rings is 2. The van der Waals surface area contributed by atoms with Crippen LogP contribution in [-0.2, 0) is 6.42 Å². The second-order valence-corrected chi connectivity index (χ2v) is 4.90. The molecule has 0 amide bonds. The summed E-state index contributed by atoms with van der Waals surface area (Å²) in [6.07, 6.45) is 5.34. The van der Waals surface area contributed by atoms with Crippen molar-refractivity contribution in [1.82, 2.24) is 0 Å². The van der Waals surface area contributed by atoms with Gasteiger partial charge in [0.2, 0.25) is 0 Å². The number of fused-ring (bicyclic) bond motifs is 1. The quantitative estimate of drug-likeness (QED) is 0.634. The van der Waals surface area contributed by atoms with Gasteiger partial charge in [-0.15, -0.1) is 0 Å². The predicted octanol–water partition coefficient (Wildman–Crippen LogP) is 5.30. The first-order chi connectivity index (χ1) is 8.61. The Hall–Kier alpha value is -1.82. The van der Waals surface area contributed by atoms with Crippen LogP contribution in [0.2, 0.25) is 0 Å². The van der Waals surface area contributed by atoms with E-state index in [1.54, 1.807) is 0 Å². The zero-order chi connectivity index (χ0) is 13.1. The molecule has 0 bridgehead atoms. The van der Waals surface area contributed by atoms with Crippen LogP contribution >= 0.6 is 0 Å². The van der Waals surface area contributed by atoms with Gasteiger partial charge in [-0.3, -0.25) is 0 Å². The summed E-state index contributed by atoms with van der Waals surface area (Å²) in [6, 6.07) is 11.1. The van der Waals surface area contributed by atoms with Gasteiger partial charge >= 0.3 is 0 Å². The molecule has 0 nitrogen and oxygen atoms in total. The molecule has 0 heteroatoms. The van der Waals surface area contributed by atoms with Gasteiger partial charge in [0.15, 0.2) is 0 Å². The zero-order valence-electron chi connectivity index (χ0n) is 11.5. The lowest BCUT2D eigenvalue weighted by molar-refractivity contribution is 1.14. The van der Waals surface area contributed by atoms with Crippen LogP contribution < -0.4 is 0 Å². The van der Waals surface area contributed by atoms with Gasteiger partial charge in [0, 0.05) is 0 Å². The fraction of sp³-hybridized carbons (Fsp3) is 0.222. The van der Waals surface area contributed by atoms with Crippen LogP contribution in [0.4, 0.5) is 0 Å². The van der Waals surface area contributed by atoms with E-state index < -0.39 is 0 Å². The van der Waals surface area contributed by atoms with E-state index in [4.69, 9.17) is 0 Å². The summed E-state index contributed by atoms with van der Waals surface area (Å²) in [4.78, 5) is 0. The monoisotopic (exact) mass is 236 g/mol. The topological polar surface area (TPSA) is 0 Å². The van der Waals surface area contributed by atoms with Crippen LogP contribution in [0.1, 0.15) is 30.5 Å². The van der Waals surface area contributed by atoms with Gasteiger partial charge in [0.05, 0.1) is 0 Å². The minimum absolute atomic E-state index is 1.06. The molecule has 0 spiro atoms. The molecule has 2 aromatic rings. The number of hydrogen-bond donors (Lipinski definition) is 0. The van der Waals surface area contributed by atoms with Crippen molar-refractivity contribution in [2.45, 2.75) is 27.2 Å². The van der Waals surface area contributed by atoms with E-state index in [2.05, 4.69) is 62.9 Å². The minimum atomic E-state index is 1.06. The van der Waals surface area contributed by atoms with Crippen molar-refractivity contribution in [1.29, 1.82) is 0 Å². The summed E-state index contributed by atoms with van der Waals surface area (Å²) < 4.78 is 0. The molecule has 0 saturated carbocycles. The third-order valence-corrected chi connectivity index (χ3v) is 3.22. The Morgan fingerprint density at radius 1 is 1.22 bits per heavy atom. The van der Waals surface area contributed by atoms with Crippen LogP contribution in [0.5, 0.6) is 0 Å². The Labute approximate surface area is 110 Å². The van der Waals surface area contributed by atoms with Gasteiger partial charge in [-0.2, -0.15) is 0 Å². The Morgan fingerprint density at radius 3 is 2.67 bits per heavy atom. The minimum Gasteiger partial charge on any atom is -0.0961 e. The van der Waals surface area contributed by atoms with Crippen LogP contribution in [0.3, 0.4) is 0 Å². The lowest BCUT2D eigenvalue weighted by Crippen LogP contribution is -1.89. The molecule has 0 saturated heterocycles. The van der Waals surface area contributed by atoms with Crippen molar-refractivity contribution in [3.63, 3.8) is 0 Å². The highest BCUT2D eigenvalue weighted by molar-refractivity contribution is 5.92. The molecule has 92 valence electrons. The summed E-state index contributed by atoms with van der Waals surface area (Å²) >= 11 is 0. The lowest BCUT2D eigenvalue weighted by Gasteiger charge is -2.09. The summed E-state index contributed by atoms with van der Waals surface area (Å²) in [6.45, 7) is 10.3. The average Bonchev–Trinajstić information content (AvgIpc) is 2.35. The number of aryl methyl sites for hydroxylation is 2. The molecule has 0 radical (unpaired) electrons. The van der Waals surface area contributed by atoms with Crippen molar-refractivity contribution < 1.29 is 0 Å². The first-order valence-corrected chi connectivity index (χ1v) is 6.47. The van der Waals surface area contributed by atoms with E-state index in [0.29, 0.717) is 0 Å². The Bertz CT molecular complexity index is 615. The van der Waals surface area contributed by atoms with Crippen molar-refractivity contribution in [2.75, 3.05) is 0 Å². The van der Waals surface area contributed by atoms with Gasteiger partial charge < -0.3 is 0 Å². The molecule has 0 aliphatic rings. The van der Waals surface area contributed by atoms with Gasteiger partial charge in [-0.05, 0) is 42.2 Å². The second kappa shape index (κ2) is 5.22. The van der Waals surface area contributed by atoms with Gasteiger partial charge in [-0.25, -0.2) is 0 Å². The first kappa shape index (κ1) is 12.6. The fourth-order valence-electron chi connectivity index (χ4n) is 2.25. The largest absolute Gasteiger partial charge is 0.0961 e. The third kappa shape index (κ3) is 2.53. The van der Waals surface area contributed by atoms with E-state index in [1.807, 2.05) is 6.92 Å². The molecule has 0 aliphatic heterocycles. The number of allylic oxidation sites excluding steroid dienone is 2. The lowest BCUT2D eigenvalue weighted by atomic mass is 9.95. The van der Waals surface area contributed by atoms with E-state index in [1.165, 1.54) is 27.5 Å². The number of hydrogen-bond acceptors (Lipinski definition) is 0. The Balaban J connectivity index is 2.69. The van der Waals surface area contributed by atoms with Crippen molar-refractivity contribution in [2.24, 2.45) is 0 Å². The van der Waals surface area contributed by atoms with Crippen LogP contribution in [-0.4, -0.2) is 0 Å². The molecule has 2 rings (SSSR count). The van der Waals surface area contributed by atoms with Gasteiger partial charge in [0.1, 0.15) is 0 Å². The highest BCUT2D eigenvalue weighted by Gasteiger charge is 2.03. The highest BCUT2D eigenvalue weighted by Crippen LogP contribution is 2.25. The second-order valence-electron chi connectivity index (χ2n) is 4.90. The van der Waals surface area contributed by atoms with Crippen molar-refractivity contribution in [3.8, 4) is 0 Å². The predicted molar refractivity (Wildman–Crippen MR) is 81.9 cm³/mol. The smallest absolute Gasteiger partial charge is 0.0108 e. The van der Waals surface area contributed by atoms with E-state index in [0.717, 1.165) is 12.0 Å². The van der Waals surface area contributed by atoms with Crippen LogP contribution in [0.25, 0.3) is 16.8 Å². The SMILES string of the molecule is C=C(C)C=Cc1c(CC)ccc2cc(C)ccc12. The summed E-state index contributed by atoms with van der Waals surface area (Å²) in [5.41, 5.74) is 5.12. The molecule has 0 aromatic heterocycles. The van der Waals surface area contributed by atoms with Crippen molar-refractivity contribution >= 4 is 16.8 Å². The molecule has 0 heterocycles. The Morgan fingerprint density at radius 2 is 2.00 bits per heavy atom.